The van der Waals surface area contributed by atoms with E-state index in [1.165, 1.54) is 16.0 Å². The molecule has 1 nitrogen and oxygen atoms in total. The molecule has 2 rings (SSSR count). The summed E-state index contributed by atoms with van der Waals surface area (Å²) < 4.78 is 3.48. The second-order valence-corrected chi connectivity index (χ2v) is 5.53. The van der Waals surface area contributed by atoms with Gasteiger partial charge in [-0.1, -0.05) is 48.0 Å². The van der Waals surface area contributed by atoms with Gasteiger partial charge in [-0.15, -0.1) is 0 Å². The number of benzene rings is 2. The largest absolute Gasteiger partial charge is 0.257 e. The van der Waals surface area contributed by atoms with E-state index in [1.807, 2.05) is 0 Å². The van der Waals surface area contributed by atoms with Crippen molar-refractivity contribution in [2.24, 2.45) is 0 Å². The monoisotopic (exact) mass is 257 g/mol. The van der Waals surface area contributed by atoms with Gasteiger partial charge in [-0.3, -0.25) is 4.72 Å². The van der Waals surface area contributed by atoms with Crippen LogP contribution in [0.5, 0.6) is 0 Å². The summed E-state index contributed by atoms with van der Waals surface area (Å²) in [4.78, 5) is 1.26. The molecule has 0 aliphatic rings. The predicted molar refractivity (Wildman–Crippen MR) is 79.8 cm³/mol. The molecule has 18 heavy (non-hydrogen) atoms. The van der Waals surface area contributed by atoms with Gasteiger partial charge < -0.3 is 0 Å². The molecule has 0 saturated heterocycles. The third-order valence-corrected chi connectivity index (χ3v) is 3.81. The number of nitrogens with one attached hydrogen (secondary N) is 1. The van der Waals surface area contributed by atoms with Crippen molar-refractivity contribution in [1.29, 1.82) is 0 Å². The highest BCUT2D eigenvalue weighted by Crippen LogP contribution is 2.16. The van der Waals surface area contributed by atoms with E-state index in [1.54, 1.807) is 11.9 Å². The van der Waals surface area contributed by atoms with Crippen molar-refractivity contribution in [3.8, 4) is 0 Å². The summed E-state index contributed by atoms with van der Waals surface area (Å²) in [6.07, 6.45) is 1.06. The molecular weight excluding hydrogens is 238 g/mol. The topological polar surface area (TPSA) is 12.0 Å². The van der Waals surface area contributed by atoms with Crippen molar-refractivity contribution in [3.05, 3.63) is 65.7 Å². The Hall–Kier alpha value is -1.25. The van der Waals surface area contributed by atoms with Crippen molar-refractivity contribution in [2.75, 3.05) is 0 Å². The van der Waals surface area contributed by atoms with Gasteiger partial charge in [0.15, 0.2) is 0 Å². The number of aryl methyl sites for hydroxylation is 1. The summed E-state index contributed by atoms with van der Waals surface area (Å²) in [5.41, 5.74) is 2.68. The molecular formula is C16H19NS. The molecule has 1 N–H and O–H groups in total. The third kappa shape index (κ3) is 4.21. The molecule has 0 fully saturated rings. The molecule has 1 atom stereocenters. The highest BCUT2D eigenvalue weighted by molar-refractivity contribution is 7.97. The molecule has 2 aromatic rings. The minimum atomic E-state index is 0.457. The van der Waals surface area contributed by atoms with Crippen LogP contribution in [0.1, 0.15) is 18.1 Å². The first-order valence-electron chi connectivity index (χ1n) is 6.27. The van der Waals surface area contributed by atoms with Crippen LogP contribution < -0.4 is 4.72 Å². The second-order valence-electron chi connectivity index (χ2n) is 4.62. The Morgan fingerprint density at radius 1 is 1.00 bits per heavy atom. The van der Waals surface area contributed by atoms with E-state index in [0.29, 0.717) is 6.04 Å². The third-order valence-electron chi connectivity index (χ3n) is 2.78. The molecule has 0 unspecified atom stereocenters. The number of hydrogen-bond donors (Lipinski definition) is 1. The van der Waals surface area contributed by atoms with Gasteiger partial charge in [0, 0.05) is 10.9 Å². The maximum atomic E-state index is 3.48. The summed E-state index contributed by atoms with van der Waals surface area (Å²) >= 11 is 1.71. The van der Waals surface area contributed by atoms with Crippen LogP contribution in [0.15, 0.2) is 59.5 Å². The number of hydrogen-bond acceptors (Lipinski definition) is 2. The van der Waals surface area contributed by atoms with Crippen LogP contribution in [0.4, 0.5) is 0 Å². The van der Waals surface area contributed by atoms with Gasteiger partial charge in [-0.2, -0.15) is 0 Å². The van der Waals surface area contributed by atoms with Crippen LogP contribution in [0.2, 0.25) is 0 Å². The lowest BCUT2D eigenvalue weighted by molar-refractivity contribution is 0.689. The molecule has 0 bridgehead atoms. The molecule has 94 valence electrons. The van der Waals surface area contributed by atoms with E-state index in [-0.39, 0.29) is 0 Å². The Labute approximate surface area is 114 Å². The Morgan fingerprint density at radius 2 is 1.67 bits per heavy atom. The van der Waals surface area contributed by atoms with Gasteiger partial charge in [-0.25, -0.2) is 0 Å². The Kier molecular flexibility index (Phi) is 4.85. The van der Waals surface area contributed by atoms with E-state index >= 15 is 0 Å². The van der Waals surface area contributed by atoms with Crippen LogP contribution >= 0.6 is 11.9 Å². The van der Waals surface area contributed by atoms with E-state index in [4.69, 9.17) is 0 Å². The SMILES string of the molecule is Cc1ccc(SN[C@H](C)Cc2ccccc2)cc1. The first-order chi connectivity index (χ1) is 8.74. The van der Waals surface area contributed by atoms with Crippen molar-refractivity contribution < 1.29 is 0 Å². The lowest BCUT2D eigenvalue weighted by atomic mass is 10.1. The summed E-state index contributed by atoms with van der Waals surface area (Å²) in [5.74, 6) is 0. The minimum Gasteiger partial charge on any atom is -0.257 e. The van der Waals surface area contributed by atoms with Gasteiger partial charge in [0.2, 0.25) is 0 Å². The molecule has 2 heteroatoms. The van der Waals surface area contributed by atoms with E-state index in [9.17, 15) is 0 Å². The maximum Gasteiger partial charge on any atom is 0.0228 e. The standard InChI is InChI=1S/C16H19NS/c1-13-8-10-16(11-9-13)18-17-14(2)12-15-6-4-3-5-7-15/h3-11,14,17H,12H2,1-2H3/t14-/m1/s1. The van der Waals surface area contributed by atoms with Crippen molar-refractivity contribution >= 4 is 11.9 Å². The quantitative estimate of drug-likeness (QED) is 0.805. The van der Waals surface area contributed by atoms with Gasteiger partial charge in [0.05, 0.1) is 0 Å². The lowest BCUT2D eigenvalue weighted by Gasteiger charge is -2.13. The fourth-order valence-electron chi connectivity index (χ4n) is 1.78. The zero-order valence-corrected chi connectivity index (χ0v) is 11.7. The molecule has 0 saturated carbocycles. The fourth-order valence-corrected chi connectivity index (χ4v) is 2.48. The average molecular weight is 257 g/mol. The van der Waals surface area contributed by atoms with Crippen LogP contribution in [-0.4, -0.2) is 6.04 Å². The second kappa shape index (κ2) is 6.62. The van der Waals surface area contributed by atoms with Gasteiger partial charge in [0.1, 0.15) is 0 Å². The van der Waals surface area contributed by atoms with Crippen molar-refractivity contribution in [2.45, 2.75) is 31.2 Å². The molecule has 0 aliphatic heterocycles. The molecule has 0 amide bonds. The van der Waals surface area contributed by atoms with Crippen molar-refractivity contribution in [3.63, 3.8) is 0 Å². The lowest BCUT2D eigenvalue weighted by Crippen LogP contribution is -2.21. The summed E-state index contributed by atoms with van der Waals surface area (Å²) in [5, 5.41) is 0. The molecule has 0 radical (unpaired) electrons. The molecule has 0 aliphatic carbocycles. The first-order valence-corrected chi connectivity index (χ1v) is 7.08. The van der Waals surface area contributed by atoms with Gasteiger partial charge in [-0.05, 0) is 49.9 Å². The fraction of sp³-hybridized carbons (Fsp3) is 0.250. The predicted octanol–water partition coefficient (Wildman–Crippen LogP) is 4.22. The average Bonchev–Trinajstić information content (AvgIpc) is 2.39. The van der Waals surface area contributed by atoms with Crippen molar-refractivity contribution in [1.82, 2.24) is 4.72 Å². The molecule has 0 spiro atoms. The smallest absolute Gasteiger partial charge is 0.0228 e. The summed E-state index contributed by atoms with van der Waals surface area (Å²) in [7, 11) is 0. The maximum absolute atomic E-state index is 3.48. The Balaban J connectivity index is 1.81. The normalized spacial score (nSPS) is 12.3. The molecule has 0 heterocycles. The van der Waals surface area contributed by atoms with Crippen LogP contribution in [0.3, 0.4) is 0 Å². The Morgan fingerprint density at radius 3 is 2.33 bits per heavy atom. The minimum absolute atomic E-state index is 0.457. The zero-order chi connectivity index (χ0) is 12.8. The van der Waals surface area contributed by atoms with Crippen LogP contribution in [0, 0.1) is 6.92 Å². The molecule has 2 aromatic carbocycles. The van der Waals surface area contributed by atoms with Gasteiger partial charge in [0.25, 0.3) is 0 Å². The van der Waals surface area contributed by atoms with E-state index < -0.39 is 0 Å². The zero-order valence-electron chi connectivity index (χ0n) is 10.9. The van der Waals surface area contributed by atoms with E-state index in [2.05, 4.69) is 73.2 Å². The number of rotatable bonds is 5. The van der Waals surface area contributed by atoms with Gasteiger partial charge >= 0.3 is 0 Å². The molecule has 0 aromatic heterocycles. The highest BCUT2D eigenvalue weighted by Gasteiger charge is 2.03. The van der Waals surface area contributed by atoms with Crippen LogP contribution in [-0.2, 0) is 6.42 Å². The highest BCUT2D eigenvalue weighted by atomic mass is 32.2. The summed E-state index contributed by atoms with van der Waals surface area (Å²) in [6, 6.07) is 19.7. The van der Waals surface area contributed by atoms with E-state index in [0.717, 1.165) is 6.42 Å². The Bertz CT molecular complexity index is 464. The van der Waals surface area contributed by atoms with Crippen LogP contribution in [0.25, 0.3) is 0 Å². The first kappa shape index (κ1) is 13.2. The summed E-state index contributed by atoms with van der Waals surface area (Å²) in [6.45, 7) is 4.33.